The zero-order chi connectivity index (χ0) is 16.9. The molecular weight excluding hydrogens is 305 g/mol. The van der Waals surface area contributed by atoms with Gasteiger partial charge in [-0.25, -0.2) is 0 Å². The van der Waals surface area contributed by atoms with Crippen LogP contribution in [0.4, 0.5) is 0 Å². The molecule has 3 nitrogen and oxygen atoms in total. The first-order valence-electron chi connectivity index (χ1n) is 7.71. The quantitative estimate of drug-likeness (QED) is 0.641. The van der Waals surface area contributed by atoms with E-state index in [0.717, 1.165) is 23.3 Å². The number of phenolic OH excluding ortho intramolecular Hbond substituents is 1. The van der Waals surface area contributed by atoms with Gasteiger partial charge in [-0.15, -0.1) is 0 Å². The van der Waals surface area contributed by atoms with E-state index in [2.05, 4.69) is 37.0 Å². The highest BCUT2D eigenvalue weighted by Crippen LogP contribution is 2.48. The second kappa shape index (κ2) is 7.61. The third-order valence-corrected chi connectivity index (χ3v) is 6.04. The van der Waals surface area contributed by atoms with E-state index >= 15 is 0 Å². The molecule has 0 aromatic heterocycles. The van der Waals surface area contributed by atoms with Crippen LogP contribution in [0.15, 0.2) is 47.5 Å². The Hall–Kier alpha value is -1.86. The lowest BCUT2D eigenvalue weighted by atomic mass is 9.96. The van der Waals surface area contributed by atoms with Gasteiger partial charge in [0.2, 0.25) is 0 Å². The first-order chi connectivity index (χ1) is 11.0. The average molecular weight is 329 g/mol. The SMILES string of the molecule is CCC(C)(Pc1ccccc1/C=N/C)c1cc(OC)ccc1O. The maximum atomic E-state index is 10.4. The minimum absolute atomic E-state index is 0.156. The van der Waals surface area contributed by atoms with E-state index in [1.807, 2.05) is 18.3 Å². The molecule has 2 aromatic rings. The van der Waals surface area contributed by atoms with Gasteiger partial charge in [0.25, 0.3) is 0 Å². The molecule has 0 radical (unpaired) electrons. The van der Waals surface area contributed by atoms with Crippen molar-refractivity contribution in [3.63, 3.8) is 0 Å². The number of phenols is 1. The van der Waals surface area contributed by atoms with Crippen molar-refractivity contribution in [1.29, 1.82) is 0 Å². The molecule has 0 saturated heterocycles. The molecule has 4 heteroatoms. The molecule has 0 amide bonds. The van der Waals surface area contributed by atoms with Crippen LogP contribution < -0.4 is 10.0 Å². The average Bonchev–Trinajstić information content (AvgIpc) is 2.57. The standard InChI is InChI=1S/C19H24NO2P/c1-5-19(2,16-12-15(22-4)10-11-17(16)21)23-18-9-7-6-8-14(18)13-20-3/h6-13,21,23H,5H2,1-4H3/b20-13+. The lowest BCUT2D eigenvalue weighted by Gasteiger charge is -2.30. The fraction of sp³-hybridized carbons (Fsp3) is 0.316. The first kappa shape index (κ1) is 17.5. The van der Waals surface area contributed by atoms with Gasteiger partial charge in [-0.1, -0.05) is 46.7 Å². The Morgan fingerprint density at radius 2 is 2.00 bits per heavy atom. The van der Waals surface area contributed by atoms with Gasteiger partial charge in [-0.05, 0) is 35.5 Å². The van der Waals surface area contributed by atoms with Crippen molar-refractivity contribution in [3.05, 3.63) is 53.6 Å². The second-order valence-electron chi connectivity index (χ2n) is 5.67. The zero-order valence-corrected chi connectivity index (χ0v) is 15.1. The van der Waals surface area contributed by atoms with Crippen LogP contribution in [0.3, 0.4) is 0 Å². The molecule has 0 aliphatic carbocycles. The predicted molar refractivity (Wildman–Crippen MR) is 100 cm³/mol. The van der Waals surface area contributed by atoms with Crippen molar-refractivity contribution < 1.29 is 9.84 Å². The van der Waals surface area contributed by atoms with E-state index in [-0.39, 0.29) is 5.16 Å². The third-order valence-electron chi connectivity index (χ3n) is 4.14. The van der Waals surface area contributed by atoms with Gasteiger partial charge in [-0.3, -0.25) is 4.99 Å². The lowest BCUT2D eigenvalue weighted by molar-refractivity contribution is 0.408. The summed E-state index contributed by atoms with van der Waals surface area (Å²) < 4.78 is 5.33. The summed E-state index contributed by atoms with van der Waals surface area (Å²) in [6, 6.07) is 13.7. The molecule has 0 saturated carbocycles. The maximum Gasteiger partial charge on any atom is 0.119 e. The number of hydrogen-bond acceptors (Lipinski definition) is 3. The summed E-state index contributed by atoms with van der Waals surface area (Å²) in [6.45, 7) is 4.35. The number of aromatic hydroxyl groups is 1. The van der Waals surface area contributed by atoms with Crippen molar-refractivity contribution in [1.82, 2.24) is 0 Å². The summed E-state index contributed by atoms with van der Waals surface area (Å²) in [5.41, 5.74) is 2.07. The molecule has 0 bridgehead atoms. The van der Waals surface area contributed by atoms with E-state index in [4.69, 9.17) is 4.74 Å². The van der Waals surface area contributed by atoms with Crippen molar-refractivity contribution in [3.8, 4) is 11.5 Å². The predicted octanol–water partition coefficient (Wildman–Crippen LogP) is 4.08. The number of aliphatic imine (C=N–C) groups is 1. The van der Waals surface area contributed by atoms with E-state index < -0.39 is 0 Å². The van der Waals surface area contributed by atoms with Crippen molar-refractivity contribution in [2.45, 2.75) is 25.4 Å². The molecule has 2 aromatic carbocycles. The van der Waals surface area contributed by atoms with Gasteiger partial charge >= 0.3 is 0 Å². The molecule has 2 rings (SSSR count). The summed E-state index contributed by atoms with van der Waals surface area (Å²) in [5, 5.41) is 11.5. The molecule has 0 aliphatic rings. The van der Waals surface area contributed by atoms with Crippen LogP contribution in [-0.2, 0) is 5.16 Å². The molecule has 2 unspecified atom stereocenters. The molecule has 0 spiro atoms. The van der Waals surface area contributed by atoms with Crippen molar-refractivity contribution in [2.75, 3.05) is 14.2 Å². The topological polar surface area (TPSA) is 41.8 Å². The molecule has 1 N–H and O–H groups in total. The van der Waals surface area contributed by atoms with Gasteiger partial charge in [0.05, 0.1) is 7.11 Å². The smallest absolute Gasteiger partial charge is 0.119 e. The summed E-state index contributed by atoms with van der Waals surface area (Å²) in [5.74, 6) is 1.09. The van der Waals surface area contributed by atoms with Gasteiger partial charge < -0.3 is 9.84 Å². The molecule has 122 valence electrons. The number of rotatable bonds is 6. The van der Waals surface area contributed by atoms with E-state index in [1.165, 1.54) is 5.30 Å². The van der Waals surface area contributed by atoms with Crippen LogP contribution in [0.2, 0.25) is 0 Å². The monoisotopic (exact) mass is 329 g/mol. The number of nitrogens with zero attached hydrogens (tertiary/aromatic N) is 1. The molecule has 2 atom stereocenters. The van der Waals surface area contributed by atoms with Gasteiger partial charge in [0.15, 0.2) is 0 Å². The summed E-state index contributed by atoms with van der Waals surface area (Å²) in [7, 11) is 3.95. The Balaban J connectivity index is 2.46. The first-order valence-corrected chi connectivity index (χ1v) is 8.71. The highest BCUT2D eigenvalue weighted by Gasteiger charge is 2.29. The van der Waals surface area contributed by atoms with Crippen LogP contribution in [0.25, 0.3) is 0 Å². The van der Waals surface area contributed by atoms with Crippen LogP contribution in [0.5, 0.6) is 11.5 Å². The lowest BCUT2D eigenvalue weighted by Crippen LogP contribution is -2.20. The normalized spacial score (nSPS) is 14.4. The van der Waals surface area contributed by atoms with Crippen LogP contribution in [0, 0.1) is 0 Å². The highest BCUT2D eigenvalue weighted by atomic mass is 31.1. The molecule has 0 heterocycles. The summed E-state index contributed by atoms with van der Waals surface area (Å²) >= 11 is 0. The van der Waals surface area contributed by atoms with Crippen LogP contribution in [0.1, 0.15) is 31.4 Å². The van der Waals surface area contributed by atoms with E-state index in [9.17, 15) is 5.11 Å². The van der Waals surface area contributed by atoms with E-state index in [0.29, 0.717) is 14.3 Å². The fourth-order valence-corrected chi connectivity index (χ4v) is 4.17. The van der Waals surface area contributed by atoms with E-state index in [1.54, 1.807) is 26.3 Å². The summed E-state index contributed by atoms with van der Waals surface area (Å²) in [6.07, 6.45) is 2.81. The third kappa shape index (κ3) is 3.92. The minimum atomic E-state index is -0.156. The second-order valence-corrected chi connectivity index (χ2v) is 7.56. The highest BCUT2D eigenvalue weighted by molar-refractivity contribution is 7.48. The Morgan fingerprint density at radius 3 is 2.65 bits per heavy atom. The Morgan fingerprint density at radius 1 is 1.26 bits per heavy atom. The Labute approximate surface area is 140 Å². The molecule has 0 aliphatic heterocycles. The van der Waals surface area contributed by atoms with Crippen molar-refractivity contribution in [2.24, 2.45) is 4.99 Å². The van der Waals surface area contributed by atoms with Crippen LogP contribution >= 0.6 is 8.58 Å². The molecule has 0 fully saturated rings. The van der Waals surface area contributed by atoms with Gasteiger partial charge in [0.1, 0.15) is 11.5 Å². The fourth-order valence-electron chi connectivity index (χ4n) is 2.59. The number of benzene rings is 2. The van der Waals surface area contributed by atoms with Crippen LogP contribution in [-0.4, -0.2) is 25.5 Å². The van der Waals surface area contributed by atoms with Crippen molar-refractivity contribution >= 4 is 20.1 Å². The molecular formula is C19H24NO2P. The van der Waals surface area contributed by atoms with Gasteiger partial charge in [0, 0.05) is 24.0 Å². The zero-order valence-electron chi connectivity index (χ0n) is 14.1. The minimum Gasteiger partial charge on any atom is -0.508 e. The Bertz CT molecular complexity index is 700. The van der Waals surface area contributed by atoms with Gasteiger partial charge in [-0.2, -0.15) is 0 Å². The number of ether oxygens (including phenoxy) is 1. The summed E-state index contributed by atoms with van der Waals surface area (Å²) in [4.78, 5) is 4.15. The number of methoxy groups -OCH3 is 1. The Kier molecular flexibility index (Phi) is 5.79. The maximum absolute atomic E-state index is 10.4. The number of hydrogen-bond donors (Lipinski definition) is 1. The molecule has 23 heavy (non-hydrogen) atoms. The largest absolute Gasteiger partial charge is 0.508 e.